The van der Waals surface area contributed by atoms with E-state index >= 15 is 0 Å². The second-order valence-corrected chi connectivity index (χ2v) is 6.31. The van der Waals surface area contributed by atoms with Crippen LogP contribution in [0.15, 0.2) is 54.6 Å². The van der Waals surface area contributed by atoms with E-state index in [1.54, 1.807) is 18.2 Å². The van der Waals surface area contributed by atoms with Crippen LogP contribution in [0.5, 0.6) is 0 Å². The fourth-order valence-electron chi connectivity index (χ4n) is 3.06. The zero-order valence-corrected chi connectivity index (χ0v) is 14.1. The fourth-order valence-corrected chi connectivity index (χ4v) is 3.06. The third-order valence-electron chi connectivity index (χ3n) is 4.45. The minimum absolute atomic E-state index is 0.00452. The summed E-state index contributed by atoms with van der Waals surface area (Å²) in [6.45, 7) is 2.95. The number of benzene rings is 2. The topological polar surface area (TPSA) is 66.8 Å². The molecule has 5 heteroatoms. The molecule has 1 aliphatic rings. The van der Waals surface area contributed by atoms with Gasteiger partial charge >= 0.3 is 5.97 Å². The molecule has 1 heterocycles. The molecule has 5 nitrogen and oxygen atoms in total. The second-order valence-electron chi connectivity index (χ2n) is 6.31. The quantitative estimate of drug-likeness (QED) is 0.930. The van der Waals surface area contributed by atoms with Gasteiger partial charge in [-0.2, -0.15) is 0 Å². The highest BCUT2D eigenvalue weighted by Crippen LogP contribution is 2.25. The molecule has 3 rings (SSSR count). The highest BCUT2D eigenvalue weighted by atomic mass is 16.5. The zero-order chi connectivity index (χ0) is 17.8. The minimum Gasteiger partial charge on any atom is -0.478 e. The average molecular weight is 339 g/mol. The van der Waals surface area contributed by atoms with Crippen molar-refractivity contribution in [2.75, 3.05) is 13.2 Å². The molecular formula is C20H21NO4. The van der Waals surface area contributed by atoms with Gasteiger partial charge in [0, 0.05) is 0 Å². The Labute approximate surface area is 146 Å². The van der Waals surface area contributed by atoms with Crippen LogP contribution in [0.2, 0.25) is 0 Å². The van der Waals surface area contributed by atoms with E-state index in [0.29, 0.717) is 18.7 Å². The Morgan fingerprint density at radius 1 is 1.16 bits per heavy atom. The third-order valence-corrected chi connectivity index (χ3v) is 4.45. The summed E-state index contributed by atoms with van der Waals surface area (Å²) in [6, 6.07) is 16.4. The molecule has 130 valence electrons. The first kappa shape index (κ1) is 17.2. The number of rotatable bonds is 4. The van der Waals surface area contributed by atoms with E-state index < -0.39 is 5.97 Å². The predicted molar refractivity (Wildman–Crippen MR) is 93.4 cm³/mol. The number of carboxylic acid groups (broad SMARTS) is 1. The summed E-state index contributed by atoms with van der Waals surface area (Å²) in [5.41, 5.74) is 1.96. The van der Waals surface area contributed by atoms with Gasteiger partial charge in [0.05, 0.1) is 31.2 Å². The van der Waals surface area contributed by atoms with Crippen LogP contribution in [-0.2, 0) is 16.0 Å². The molecule has 0 radical (unpaired) electrons. The Balaban J connectivity index is 1.72. The normalized spacial score (nSPS) is 20.3. The number of morpholine rings is 1. The summed E-state index contributed by atoms with van der Waals surface area (Å²) in [6.07, 6.45) is 0.0548. The van der Waals surface area contributed by atoms with Gasteiger partial charge < -0.3 is 14.7 Å². The highest BCUT2D eigenvalue weighted by Gasteiger charge is 2.30. The van der Waals surface area contributed by atoms with Crippen molar-refractivity contribution in [3.05, 3.63) is 71.3 Å². The average Bonchev–Trinajstić information content (AvgIpc) is 2.63. The van der Waals surface area contributed by atoms with Gasteiger partial charge in [0.15, 0.2) is 0 Å². The van der Waals surface area contributed by atoms with Crippen LogP contribution in [-0.4, -0.2) is 41.1 Å². The molecule has 1 saturated heterocycles. The Hall–Kier alpha value is -2.66. The molecular weight excluding hydrogens is 318 g/mol. The smallest absolute Gasteiger partial charge is 0.335 e. The maximum absolute atomic E-state index is 12.8. The molecule has 2 aromatic rings. The summed E-state index contributed by atoms with van der Waals surface area (Å²) in [7, 11) is 0. The summed E-state index contributed by atoms with van der Waals surface area (Å²) >= 11 is 0. The molecule has 2 unspecified atom stereocenters. The van der Waals surface area contributed by atoms with Crippen LogP contribution >= 0.6 is 0 Å². The molecule has 0 aliphatic carbocycles. The van der Waals surface area contributed by atoms with Crippen LogP contribution in [0.1, 0.15) is 34.5 Å². The van der Waals surface area contributed by atoms with Crippen molar-refractivity contribution in [2.24, 2.45) is 0 Å². The number of carbonyl (C=O) groups excluding carboxylic acids is 1. The molecule has 25 heavy (non-hydrogen) atoms. The van der Waals surface area contributed by atoms with Crippen molar-refractivity contribution in [1.82, 2.24) is 4.90 Å². The van der Waals surface area contributed by atoms with Gasteiger partial charge in [-0.25, -0.2) is 4.79 Å². The lowest BCUT2D eigenvalue weighted by molar-refractivity contribution is -0.143. The number of ether oxygens (including phenoxy) is 1. The molecule has 1 fully saturated rings. The third kappa shape index (κ3) is 4.06. The van der Waals surface area contributed by atoms with E-state index in [0.717, 1.165) is 5.56 Å². The molecule has 0 saturated carbocycles. The van der Waals surface area contributed by atoms with Crippen LogP contribution in [0, 0.1) is 0 Å². The number of carbonyl (C=O) groups is 2. The standard InChI is InChI=1S/C20H21NO4/c1-14-13-25-18(16-7-3-2-4-8-16)12-21(14)19(22)11-15-6-5-9-17(10-15)20(23)24/h2-10,14,18H,11-13H2,1H3,(H,23,24). The number of carboxylic acids is 1. The van der Waals surface area contributed by atoms with E-state index in [1.165, 1.54) is 6.07 Å². The van der Waals surface area contributed by atoms with Gasteiger partial charge in [-0.05, 0) is 30.2 Å². The predicted octanol–water partition coefficient (Wildman–Crippen LogP) is 2.92. The fraction of sp³-hybridized carbons (Fsp3) is 0.300. The van der Waals surface area contributed by atoms with Crippen LogP contribution in [0.4, 0.5) is 0 Å². The number of nitrogens with zero attached hydrogens (tertiary/aromatic N) is 1. The SMILES string of the molecule is CC1COC(c2ccccc2)CN1C(=O)Cc1cccc(C(=O)O)c1. The second kappa shape index (κ2) is 7.49. The lowest BCUT2D eigenvalue weighted by Gasteiger charge is -2.38. The molecule has 0 spiro atoms. The van der Waals surface area contributed by atoms with Crippen molar-refractivity contribution in [3.63, 3.8) is 0 Å². The summed E-state index contributed by atoms with van der Waals surface area (Å²) in [4.78, 5) is 25.7. The summed E-state index contributed by atoms with van der Waals surface area (Å²) in [5, 5.41) is 9.08. The van der Waals surface area contributed by atoms with Crippen molar-refractivity contribution in [3.8, 4) is 0 Å². The maximum Gasteiger partial charge on any atom is 0.335 e. The maximum atomic E-state index is 12.8. The molecule has 2 aromatic carbocycles. The van der Waals surface area contributed by atoms with Gasteiger partial charge in [0.25, 0.3) is 0 Å². The summed E-state index contributed by atoms with van der Waals surface area (Å²) < 4.78 is 5.89. The van der Waals surface area contributed by atoms with Crippen LogP contribution < -0.4 is 0 Å². The van der Waals surface area contributed by atoms with Crippen molar-refractivity contribution in [2.45, 2.75) is 25.5 Å². The number of hydrogen-bond acceptors (Lipinski definition) is 3. The Bertz CT molecular complexity index is 759. The van der Waals surface area contributed by atoms with Gasteiger partial charge in [0.2, 0.25) is 5.91 Å². The molecule has 0 aromatic heterocycles. The molecule has 2 atom stereocenters. The van der Waals surface area contributed by atoms with E-state index in [2.05, 4.69) is 0 Å². The van der Waals surface area contributed by atoms with Crippen LogP contribution in [0.3, 0.4) is 0 Å². The number of amides is 1. The highest BCUT2D eigenvalue weighted by molar-refractivity contribution is 5.88. The number of hydrogen-bond donors (Lipinski definition) is 1. The first-order valence-corrected chi connectivity index (χ1v) is 8.33. The Morgan fingerprint density at radius 3 is 2.64 bits per heavy atom. The first-order valence-electron chi connectivity index (χ1n) is 8.33. The van der Waals surface area contributed by atoms with Gasteiger partial charge in [-0.15, -0.1) is 0 Å². The van der Waals surface area contributed by atoms with Crippen LogP contribution in [0.25, 0.3) is 0 Å². The van der Waals surface area contributed by atoms with E-state index in [4.69, 9.17) is 9.84 Å². The van der Waals surface area contributed by atoms with E-state index in [-0.39, 0.29) is 30.0 Å². The Morgan fingerprint density at radius 2 is 1.92 bits per heavy atom. The lowest BCUT2D eigenvalue weighted by Crippen LogP contribution is -2.48. The largest absolute Gasteiger partial charge is 0.478 e. The zero-order valence-electron chi connectivity index (χ0n) is 14.1. The van der Waals surface area contributed by atoms with Crippen molar-refractivity contribution < 1.29 is 19.4 Å². The van der Waals surface area contributed by atoms with Crippen molar-refractivity contribution >= 4 is 11.9 Å². The molecule has 1 amide bonds. The van der Waals surface area contributed by atoms with Crippen molar-refractivity contribution in [1.29, 1.82) is 0 Å². The van der Waals surface area contributed by atoms with Gasteiger partial charge in [-0.1, -0.05) is 42.5 Å². The first-order chi connectivity index (χ1) is 12.0. The minimum atomic E-state index is -0.988. The molecule has 1 aliphatic heterocycles. The molecule has 1 N–H and O–H groups in total. The van der Waals surface area contributed by atoms with Gasteiger partial charge in [-0.3, -0.25) is 4.79 Å². The summed E-state index contributed by atoms with van der Waals surface area (Å²) in [5.74, 6) is -1.00. The lowest BCUT2D eigenvalue weighted by atomic mass is 10.0. The monoisotopic (exact) mass is 339 g/mol. The van der Waals surface area contributed by atoms with Gasteiger partial charge in [0.1, 0.15) is 6.10 Å². The molecule has 0 bridgehead atoms. The van der Waals surface area contributed by atoms with E-state index in [9.17, 15) is 9.59 Å². The Kier molecular flexibility index (Phi) is 5.14. The van der Waals surface area contributed by atoms with E-state index in [1.807, 2.05) is 42.2 Å². The number of aromatic carboxylic acids is 1.